The van der Waals surface area contributed by atoms with Crippen molar-refractivity contribution in [3.05, 3.63) is 29.3 Å². The molecule has 0 bridgehead atoms. The summed E-state index contributed by atoms with van der Waals surface area (Å²) in [7, 11) is 0. The van der Waals surface area contributed by atoms with E-state index in [1.165, 1.54) is 12.8 Å². The summed E-state index contributed by atoms with van der Waals surface area (Å²) in [5.41, 5.74) is 3.15. The fourth-order valence-electron chi connectivity index (χ4n) is 3.72. The molecule has 0 aliphatic carbocycles. The quantitative estimate of drug-likeness (QED) is 0.911. The molecule has 0 aromatic heterocycles. The van der Waals surface area contributed by atoms with Gasteiger partial charge in [0.05, 0.1) is 5.56 Å². The first-order valence-corrected chi connectivity index (χ1v) is 8.45. The lowest BCUT2D eigenvalue weighted by Crippen LogP contribution is -2.56. The van der Waals surface area contributed by atoms with Crippen LogP contribution in [0.4, 0.5) is 5.69 Å². The molecule has 0 unspecified atom stereocenters. The average Bonchev–Trinajstić information content (AvgIpc) is 2.99. The number of benzene rings is 1. The van der Waals surface area contributed by atoms with Gasteiger partial charge in [0.1, 0.15) is 0 Å². The molecule has 2 heterocycles. The minimum absolute atomic E-state index is 0.186. The number of rotatable bonds is 2. The highest BCUT2D eigenvalue weighted by atomic mass is 16.2. The SMILES string of the molecule is Cc1ccc(N2CCCC2)c(C(=O)N2C[C@@H](C)N[C@@H](C)C2)c1. The molecule has 1 aromatic rings. The molecule has 0 spiro atoms. The molecule has 1 amide bonds. The van der Waals surface area contributed by atoms with E-state index in [1.54, 1.807) is 0 Å². The van der Waals surface area contributed by atoms with Crippen LogP contribution in [0, 0.1) is 6.92 Å². The van der Waals surface area contributed by atoms with Crippen molar-refractivity contribution in [3.63, 3.8) is 0 Å². The van der Waals surface area contributed by atoms with Crippen LogP contribution in [0.1, 0.15) is 42.6 Å². The first-order valence-electron chi connectivity index (χ1n) is 8.45. The van der Waals surface area contributed by atoms with Crippen molar-refractivity contribution in [1.82, 2.24) is 10.2 Å². The second-order valence-corrected chi connectivity index (χ2v) is 6.89. The van der Waals surface area contributed by atoms with Crippen molar-refractivity contribution in [2.45, 2.75) is 45.7 Å². The van der Waals surface area contributed by atoms with Crippen LogP contribution in [0.15, 0.2) is 18.2 Å². The number of hydrogen-bond donors (Lipinski definition) is 1. The summed E-state index contributed by atoms with van der Waals surface area (Å²) in [5, 5.41) is 3.49. The molecular formula is C18H27N3O. The summed E-state index contributed by atoms with van der Waals surface area (Å²) in [6, 6.07) is 7.02. The first-order chi connectivity index (χ1) is 10.5. The Morgan fingerprint density at radius 2 is 1.77 bits per heavy atom. The summed E-state index contributed by atoms with van der Waals surface area (Å²) in [6.45, 7) is 10.1. The Kier molecular flexibility index (Phi) is 4.39. The third kappa shape index (κ3) is 3.12. The van der Waals surface area contributed by atoms with Crippen molar-refractivity contribution in [1.29, 1.82) is 0 Å². The number of nitrogens with one attached hydrogen (secondary N) is 1. The number of hydrogen-bond acceptors (Lipinski definition) is 3. The van der Waals surface area contributed by atoms with Gasteiger partial charge in [0, 0.05) is 44.0 Å². The standard InChI is InChI=1S/C18H27N3O/c1-13-6-7-17(20-8-4-5-9-20)16(10-13)18(22)21-11-14(2)19-15(3)12-21/h6-7,10,14-15,19H,4-5,8-9,11-12H2,1-3H3/t14-,15+. The van der Waals surface area contributed by atoms with E-state index in [4.69, 9.17) is 0 Å². The van der Waals surface area contributed by atoms with Gasteiger partial charge >= 0.3 is 0 Å². The lowest BCUT2D eigenvalue weighted by molar-refractivity contribution is 0.0674. The fourth-order valence-corrected chi connectivity index (χ4v) is 3.72. The van der Waals surface area contributed by atoms with E-state index in [9.17, 15) is 4.79 Å². The Labute approximate surface area is 133 Å². The van der Waals surface area contributed by atoms with Crippen molar-refractivity contribution >= 4 is 11.6 Å². The molecule has 3 rings (SSSR count). The molecule has 2 aliphatic heterocycles. The number of piperazine rings is 1. The zero-order valence-corrected chi connectivity index (χ0v) is 13.9. The lowest BCUT2D eigenvalue weighted by Gasteiger charge is -2.37. The number of aryl methyl sites for hydroxylation is 1. The molecular weight excluding hydrogens is 274 g/mol. The largest absolute Gasteiger partial charge is 0.371 e. The van der Waals surface area contributed by atoms with E-state index in [-0.39, 0.29) is 5.91 Å². The van der Waals surface area contributed by atoms with Gasteiger partial charge in [-0.25, -0.2) is 0 Å². The highest BCUT2D eigenvalue weighted by molar-refractivity contribution is 6.00. The van der Waals surface area contributed by atoms with Gasteiger partial charge in [-0.2, -0.15) is 0 Å². The van der Waals surface area contributed by atoms with Crippen LogP contribution < -0.4 is 10.2 Å². The third-order valence-electron chi connectivity index (χ3n) is 4.67. The second-order valence-electron chi connectivity index (χ2n) is 6.89. The summed E-state index contributed by atoms with van der Waals surface area (Å²) in [6.07, 6.45) is 2.45. The predicted molar refractivity (Wildman–Crippen MR) is 90.6 cm³/mol. The van der Waals surface area contributed by atoms with Gasteiger partial charge < -0.3 is 15.1 Å². The molecule has 2 aliphatic rings. The number of anilines is 1. The Bertz CT molecular complexity index is 541. The van der Waals surface area contributed by atoms with Crippen LogP contribution in [0.5, 0.6) is 0 Å². The van der Waals surface area contributed by atoms with E-state index >= 15 is 0 Å². The summed E-state index contributed by atoms with van der Waals surface area (Å²) >= 11 is 0. The molecule has 0 saturated carbocycles. The lowest BCUT2D eigenvalue weighted by atomic mass is 10.0. The fraction of sp³-hybridized carbons (Fsp3) is 0.611. The van der Waals surface area contributed by atoms with Crippen LogP contribution >= 0.6 is 0 Å². The summed E-state index contributed by atoms with van der Waals surface area (Å²) in [5.74, 6) is 0.186. The zero-order valence-electron chi connectivity index (χ0n) is 13.9. The summed E-state index contributed by atoms with van der Waals surface area (Å²) < 4.78 is 0. The van der Waals surface area contributed by atoms with E-state index in [0.29, 0.717) is 12.1 Å². The Balaban J connectivity index is 1.89. The van der Waals surface area contributed by atoms with E-state index in [1.807, 2.05) is 4.90 Å². The molecule has 4 heteroatoms. The van der Waals surface area contributed by atoms with Gasteiger partial charge in [-0.1, -0.05) is 11.6 Å². The zero-order chi connectivity index (χ0) is 15.7. The smallest absolute Gasteiger partial charge is 0.256 e. The summed E-state index contributed by atoms with van der Waals surface area (Å²) in [4.78, 5) is 17.5. The van der Waals surface area contributed by atoms with Crippen LogP contribution in [0.3, 0.4) is 0 Å². The highest BCUT2D eigenvalue weighted by Gasteiger charge is 2.28. The maximum absolute atomic E-state index is 13.1. The van der Waals surface area contributed by atoms with Crippen LogP contribution in [-0.4, -0.2) is 49.1 Å². The number of carbonyl (C=O) groups excluding carboxylic acids is 1. The molecule has 4 nitrogen and oxygen atoms in total. The molecule has 2 fully saturated rings. The van der Waals surface area contributed by atoms with Crippen LogP contribution in [0.2, 0.25) is 0 Å². The third-order valence-corrected chi connectivity index (χ3v) is 4.67. The van der Waals surface area contributed by atoms with Crippen LogP contribution in [0.25, 0.3) is 0 Å². The van der Waals surface area contributed by atoms with Gasteiger partial charge in [0.2, 0.25) is 0 Å². The minimum atomic E-state index is 0.186. The van der Waals surface area contributed by atoms with Gasteiger partial charge in [-0.15, -0.1) is 0 Å². The Morgan fingerprint density at radius 3 is 2.41 bits per heavy atom. The van der Waals surface area contributed by atoms with Gasteiger partial charge in [0.15, 0.2) is 0 Å². The normalized spacial score (nSPS) is 25.6. The second kappa shape index (κ2) is 6.29. The molecule has 2 atom stereocenters. The molecule has 120 valence electrons. The van der Waals surface area contributed by atoms with Crippen molar-refractivity contribution in [3.8, 4) is 0 Å². The monoisotopic (exact) mass is 301 g/mol. The first kappa shape index (κ1) is 15.3. The minimum Gasteiger partial charge on any atom is -0.371 e. The molecule has 1 N–H and O–H groups in total. The maximum atomic E-state index is 13.1. The number of amides is 1. The topological polar surface area (TPSA) is 35.6 Å². The maximum Gasteiger partial charge on any atom is 0.256 e. The van der Waals surface area contributed by atoms with E-state index in [0.717, 1.165) is 43.0 Å². The molecule has 0 radical (unpaired) electrons. The molecule has 22 heavy (non-hydrogen) atoms. The van der Waals surface area contributed by atoms with Crippen molar-refractivity contribution < 1.29 is 4.79 Å². The van der Waals surface area contributed by atoms with E-state index < -0.39 is 0 Å². The number of nitrogens with zero attached hydrogens (tertiary/aromatic N) is 2. The Hall–Kier alpha value is -1.55. The highest BCUT2D eigenvalue weighted by Crippen LogP contribution is 2.27. The average molecular weight is 301 g/mol. The predicted octanol–water partition coefficient (Wildman–Crippen LogP) is 2.42. The van der Waals surface area contributed by atoms with Gasteiger partial charge in [-0.3, -0.25) is 4.79 Å². The van der Waals surface area contributed by atoms with Gasteiger partial charge in [-0.05, 0) is 45.7 Å². The number of carbonyl (C=O) groups is 1. The van der Waals surface area contributed by atoms with Crippen LogP contribution in [-0.2, 0) is 0 Å². The van der Waals surface area contributed by atoms with E-state index in [2.05, 4.69) is 49.2 Å². The molecule has 1 aromatic carbocycles. The van der Waals surface area contributed by atoms with Crippen molar-refractivity contribution in [2.75, 3.05) is 31.1 Å². The molecule has 2 saturated heterocycles. The Morgan fingerprint density at radius 1 is 1.14 bits per heavy atom. The van der Waals surface area contributed by atoms with Gasteiger partial charge in [0.25, 0.3) is 5.91 Å². The van der Waals surface area contributed by atoms with Crippen molar-refractivity contribution in [2.24, 2.45) is 0 Å².